The number of carbonyl (C=O) groups is 1. The van der Waals surface area contributed by atoms with Crippen LogP contribution in [0, 0.1) is 0 Å². The highest BCUT2D eigenvalue weighted by atomic mass is 35.5. The summed E-state index contributed by atoms with van der Waals surface area (Å²) in [7, 11) is -4.29. The summed E-state index contributed by atoms with van der Waals surface area (Å²) in [5, 5.41) is 3.64. The van der Waals surface area contributed by atoms with Crippen molar-refractivity contribution < 1.29 is 27.3 Å². The van der Waals surface area contributed by atoms with Crippen molar-refractivity contribution >= 4 is 33.9 Å². The molecule has 34 heavy (non-hydrogen) atoms. The van der Waals surface area contributed by atoms with Gasteiger partial charge in [-0.3, -0.25) is 9.69 Å². The van der Waals surface area contributed by atoms with E-state index in [2.05, 4.69) is 38.5 Å². The third-order valence-electron chi connectivity index (χ3n) is 5.77. The zero-order valence-corrected chi connectivity index (χ0v) is 20.0. The second-order valence-corrected chi connectivity index (χ2v) is 9.98. The Labute approximate surface area is 202 Å². The molecule has 1 atom stereocenters. The normalized spacial score (nSPS) is 16.1. The summed E-state index contributed by atoms with van der Waals surface area (Å²) >= 11 is 6.36. The summed E-state index contributed by atoms with van der Waals surface area (Å²) in [6.45, 7) is 3.93. The number of likely N-dealkylation sites (tertiary alicyclic amines) is 1. The van der Waals surface area contributed by atoms with Crippen molar-refractivity contribution in [2.75, 3.05) is 17.6 Å². The van der Waals surface area contributed by atoms with Gasteiger partial charge < -0.3 is 14.1 Å². The minimum Gasteiger partial charge on any atom is -0.489 e. The Morgan fingerprint density at radius 1 is 1.18 bits per heavy atom. The third-order valence-corrected chi connectivity index (χ3v) is 7.62. The van der Waals surface area contributed by atoms with E-state index in [0.717, 1.165) is 32.2 Å². The molecule has 0 bridgehead atoms. The Morgan fingerprint density at radius 2 is 1.91 bits per heavy atom. The molecule has 1 aliphatic rings. The average molecular weight is 506 g/mol. The first-order valence-corrected chi connectivity index (χ1v) is 12.5. The lowest BCUT2D eigenvalue weighted by atomic mass is 10.0. The monoisotopic (exact) mass is 505 g/mol. The highest BCUT2D eigenvalue weighted by Gasteiger charge is 2.30. The van der Waals surface area contributed by atoms with Gasteiger partial charge in [0.15, 0.2) is 0 Å². The molecule has 0 N–H and O–H groups in total. The first kappa shape index (κ1) is 24.1. The summed E-state index contributed by atoms with van der Waals surface area (Å²) < 4.78 is 37.0. The minimum atomic E-state index is -4.29. The van der Waals surface area contributed by atoms with Crippen LogP contribution in [0.4, 0.5) is 5.82 Å². The molecular formula is C23H24ClN3O6S. The lowest BCUT2D eigenvalue weighted by molar-refractivity contribution is -0.128. The van der Waals surface area contributed by atoms with Crippen molar-refractivity contribution in [1.82, 2.24) is 10.1 Å². The molecule has 4 rings (SSSR count). The predicted octanol–water partition coefficient (Wildman–Crippen LogP) is 4.22. The van der Waals surface area contributed by atoms with Gasteiger partial charge in [0.2, 0.25) is 5.82 Å². The molecule has 1 aromatic heterocycles. The number of hydrogen-bond acceptors (Lipinski definition) is 8. The molecule has 1 aliphatic heterocycles. The molecule has 0 amide bonds. The number of piperidine rings is 1. The fourth-order valence-corrected chi connectivity index (χ4v) is 5.39. The van der Waals surface area contributed by atoms with Gasteiger partial charge in [-0.25, -0.2) is 0 Å². The maximum Gasteiger partial charge on any atom is 0.322 e. The van der Waals surface area contributed by atoms with Gasteiger partial charge in [-0.2, -0.15) is 8.42 Å². The Bertz CT molecular complexity index is 1200. The second kappa shape index (κ2) is 10.5. The van der Waals surface area contributed by atoms with E-state index < -0.39 is 10.0 Å². The highest BCUT2D eigenvalue weighted by molar-refractivity contribution is 7.92. The number of aromatic nitrogens is 1. The van der Waals surface area contributed by atoms with Gasteiger partial charge in [-0.05, 0) is 43.5 Å². The lowest BCUT2D eigenvalue weighted by Gasteiger charge is -2.36. The van der Waals surface area contributed by atoms with Crippen LogP contribution in [0.5, 0.6) is 5.75 Å². The van der Waals surface area contributed by atoms with Crippen molar-refractivity contribution in [3.63, 3.8) is 0 Å². The number of hydrogen-bond donors (Lipinski definition) is 0. The number of benzene rings is 2. The van der Waals surface area contributed by atoms with Crippen LogP contribution in [0.15, 0.2) is 70.3 Å². The van der Waals surface area contributed by atoms with Crippen LogP contribution in [0.2, 0.25) is 5.02 Å². The van der Waals surface area contributed by atoms with Crippen molar-refractivity contribution in [3.8, 4) is 5.75 Å². The minimum absolute atomic E-state index is 0.0175. The fourth-order valence-electron chi connectivity index (χ4n) is 3.91. The lowest BCUT2D eigenvalue weighted by Crippen LogP contribution is -2.39. The van der Waals surface area contributed by atoms with Gasteiger partial charge in [0.05, 0.1) is 9.92 Å². The van der Waals surface area contributed by atoms with Crippen LogP contribution in [0.25, 0.3) is 0 Å². The van der Waals surface area contributed by atoms with Gasteiger partial charge in [0.25, 0.3) is 10.0 Å². The number of halogens is 1. The Balaban J connectivity index is 1.41. The zero-order chi connectivity index (χ0) is 24.1. The number of sulfonamides is 1. The molecule has 0 radical (unpaired) electrons. The summed E-state index contributed by atoms with van der Waals surface area (Å²) in [5.74, 6) is 0.180. The van der Waals surface area contributed by atoms with Crippen molar-refractivity contribution in [1.29, 1.82) is 0 Å². The summed E-state index contributed by atoms with van der Waals surface area (Å²) in [6, 6.07) is 16.0. The molecule has 180 valence electrons. The standard InChI is InChI=1S/C23H24ClN3O6S/c1-17(18-5-3-2-4-6-18)26-12-9-19(10-13-26)33-22-8-7-20(15-21(22)24)34(29,30)27(32-16-28)23-11-14-31-25-23/h2-8,11,14-17,19H,9-10,12-13H2,1H3/t17-/m1/s1. The molecule has 2 heterocycles. The van der Waals surface area contributed by atoms with E-state index in [1.165, 1.54) is 29.8 Å². The first-order chi connectivity index (χ1) is 16.4. The molecule has 0 aliphatic carbocycles. The van der Waals surface area contributed by atoms with E-state index in [1.54, 1.807) is 0 Å². The molecule has 1 saturated heterocycles. The van der Waals surface area contributed by atoms with Gasteiger partial charge in [-0.1, -0.05) is 51.6 Å². The predicted molar refractivity (Wildman–Crippen MR) is 125 cm³/mol. The van der Waals surface area contributed by atoms with E-state index in [4.69, 9.17) is 16.3 Å². The molecule has 0 unspecified atom stereocenters. The highest BCUT2D eigenvalue weighted by Crippen LogP contribution is 2.33. The number of anilines is 1. The topological polar surface area (TPSA) is 102 Å². The molecular weight excluding hydrogens is 482 g/mol. The van der Waals surface area contributed by atoms with Gasteiger partial charge >= 0.3 is 6.47 Å². The van der Waals surface area contributed by atoms with Crippen LogP contribution in [-0.2, 0) is 19.7 Å². The van der Waals surface area contributed by atoms with Crippen molar-refractivity contribution in [2.24, 2.45) is 0 Å². The summed E-state index contributed by atoms with van der Waals surface area (Å²) in [5.41, 5.74) is 1.28. The Kier molecular flexibility index (Phi) is 7.40. The number of carbonyl (C=O) groups excluding carboxylic acids is 1. The van der Waals surface area contributed by atoms with E-state index in [1.807, 2.05) is 18.2 Å². The van der Waals surface area contributed by atoms with Crippen molar-refractivity contribution in [3.05, 3.63) is 71.4 Å². The Hall–Kier alpha value is -3.08. The van der Waals surface area contributed by atoms with Crippen LogP contribution in [0.3, 0.4) is 0 Å². The first-order valence-electron chi connectivity index (χ1n) is 10.7. The van der Waals surface area contributed by atoms with E-state index in [9.17, 15) is 13.2 Å². The van der Waals surface area contributed by atoms with E-state index in [0.29, 0.717) is 16.3 Å². The number of nitrogens with zero attached hydrogens (tertiary/aromatic N) is 3. The van der Waals surface area contributed by atoms with Gasteiger partial charge in [0, 0.05) is 25.2 Å². The van der Waals surface area contributed by atoms with Crippen LogP contribution >= 0.6 is 11.6 Å². The average Bonchev–Trinajstić information content (AvgIpc) is 3.38. The molecule has 9 nitrogen and oxygen atoms in total. The third kappa shape index (κ3) is 5.19. The van der Waals surface area contributed by atoms with E-state index >= 15 is 0 Å². The maximum absolute atomic E-state index is 12.9. The van der Waals surface area contributed by atoms with Crippen LogP contribution in [-0.4, -0.2) is 44.1 Å². The summed E-state index contributed by atoms with van der Waals surface area (Å²) in [4.78, 5) is 17.7. The molecule has 3 aromatic rings. The Morgan fingerprint density at radius 3 is 2.53 bits per heavy atom. The molecule has 0 saturated carbocycles. The van der Waals surface area contributed by atoms with Crippen molar-refractivity contribution in [2.45, 2.75) is 36.8 Å². The van der Waals surface area contributed by atoms with Crippen LogP contribution < -0.4 is 9.21 Å². The quantitative estimate of drug-likeness (QED) is 0.314. The molecule has 0 spiro atoms. The molecule has 11 heteroatoms. The second-order valence-electron chi connectivity index (χ2n) is 7.82. The SMILES string of the molecule is C[C@H](c1ccccc1)N1CCC(Oc2ccc(S(=O)(=O)N(OC=O)c3ccon3)cc2Cl)CC1. The number of ether oxygens (including phenoxy) is 1. The van der Waals surface area contributed by atoms with Gasteiger partial charge in [-0.15, -0.1) is 0 Å². The zero-order valence-electron chi connectivity index (χ0n) is 18.4. The van der Waals surface area contributed by atoms with Crippen LogP contribution in [0.1, 0.15) is 31.4 Å². The summed E-state index contributed by atoms with van der Waals surface area (Å²) in [6.07, 6.45) is 2.76. The fraction of sp³-hybridized carbons (Fsp3) is 0.304. The van der Waals surface area contributed by atoms with Gasteiger partial charge in [0.1, 0.15) is 18.1 Å². The molecule has 2 aromatic carbocycles. The largest absolute Gasteiger partial charge is 0.489 e. The number of rotatable bonds is 9. The molecule has 1 fully saturated rings. The van der Waals surface area contributed by atoms with E-state index in [-0.39, 0.29) is 28.3 Å². The smallest absolute Gasteiger partial charge is 0.322 e. The maximum atomic E-state index is 12.9.